The molecule has 1 N–H and O–H groups in total. The van der Waals surface area contributed by atoms with Crippen molar-refractivity contribution < 1.29 is 0 Å². The van der Waals surface area contributed by atoms with E-state index >= 15 is 0 Å². The van der Waals surface area contributed by atoms with Crippen LogP contribution >= 0.6 is 0 Å². The summed E-state index contributed by atoms with van der Waals surface area (Å²) in [4.78, 5) is 0. The minimum absolute atomic E-state index is 0.869. The Morgan fingerprint density at radius 3 is 2.67 bits per heavy atom. The van der Waals surface area contributed by atoms with E-state index in [1.807, 2.05) is 0 Å². The second-order valence-electron chi connectivity index (χ2n) is 5.65. The fraction of sp³-hybridized carbons (Fsp3) is 0.857. The Morgan fingerprint density at radius 2 is 2.00 bits per heavy atom. The highest BCUT2D eigenvalue weighted by atomic mass is 14.9. The summed E-state index contributed by atoms with van der Waals surface area (Å²) in [6.07, 6.45) is 10.5. The van der Waals surface area contributed by atoms with Gasteiger partial charge < -0.3 is 5.32 Å². The summed E-state index contributed by atoms with van der Waals surface area (Å²) in [5.41, 5.74) is 0. The molecule has 86 valence electrons. The van der Waals surface area contributed by atoms with Crippen molar-refractivity contribution in [3.63, 3.8) is 0 Å². The van der Waals surface area contributed by atoms with Crippen molar-refractivity contribution in [1.82, 2.24) is 5.32 Å². The summed E-state index contributed by atoms with van der Waals surface area (Å²) < 4.78 is 0. The van der Waals surface area contributed by atoms with Crippen molar-refractivity contribution >= 4 is 0 Å². The normalized spacial score (nSPS) is 36.5. The van der Waals surface area contributed by atoms with Gasteiger partial charge in [0, 0.05) is 6.04 Å². The maximum Gasteiger partial charge on any atom is 0.00683 e. The van der Waals surface area contributed by atoms with Crippen LogP contribution in [0.25, 0.3) is 0 Å². The van der Waals surface area contributed by atoms with E-state index in [4.69, 9.17) is 0 Å². The molecule has 0 amide bonds. The van der Waals surface area contributed by atoms with Gasteiger partial charge in [-0.3, -0.25) is 0 Å². The Morgan fingerprint density at radius 1 is 1.20 bits per heavy atom. The van der Waals surface area contributed by atoms with Gasteiger partial charge in [-0.25, -0.2) is 0 Å². The lowest BCUT2D eigenvalue weighted by Crippen LogP contribution is -2.33. The lowest BCUT2D eigenvalue weighted by atomic mass is 9.73. The van der Waals surface area contributed by atoms with Crippen molar-refractivity contribution in [2.45, 2.75) is 51.5 Å². The van der Waals surface area contributed by atoms with Crippen molar-refractivity contribution in [3.05, 3.63) is 12.7 Å². The molecule has 3 unspecified atom stereocenters. The molecule has 1 heteroatoms. The van der Waals surface area contributed by atoms with E-state index in [-0.39, 0.29) is 0 Å². The molecule has 0 radical (unpaired) electrons. The summed E-state index contributed by atoms with van der Waals surface area (Å²) in [6.45, 7) is 7.56. The summed E-state index contributed by atoms with van der Waals surface area (Å²) in [5.74, 6) is 2.75. The maximum absolute atomic E-state index is 3.90. The fourth-order valence-electron chi connectivity index (χ4n) is 2.94. The molecule has 2 rings (SSSR count). The zero-order chi connectivity index (χ0) is 10.7. The van der Waals surface area contributed by atoms with Gasteiger partial charge in [0.15, 0.2) is 0 Å². The molecule has 0 heterocycles. The smallest absolute Gasteiger partial charge is 0.00683 e. The summed E-state index contributed by atoms with van der Waals surface area (Å²) in [5, 5.41) is 3.70. The van der Waals surface area contributed by atoms with E-state index in [0.29, 0.717) is 0 Å². The summed E-state index contributed by atoms with van der Waals surface area (Å²) in [6, 6.07) is 0.869. The molecule has 0 aliphatic heterocycles. The van der Waals surface area contributed by atoms with E-state index in [1.165, 1.54) is 45.1 Å². The number of allylic oxidation sites excluding steroid dienone is 1. The number of nitrogens with one attached hydrogen (secondary N) is 1. The lowest BCUT2D eigenvalue weighted by molar-refractivity contribution is 0.186. The van der Waals surface area contributed by atoms with Crippen LogP contribution in [0.15, 0.2) is 12.7 Å². The van der Waals surface area contributed by atoms with Crippen LogP contribution in [0, 0.1) is 17.8 Å². The average molecular weight is 207 g/mol. The number of hydrogen-bond donors (Lipinski definition) is 1. The van der Waals surface area contributed by atoms with Gasteiger partial charge in [0.1, 0.15) is 0 Å². The van der Waals surface area contributed by atoms with Gasteiger partial charge in [-0.1, -0.05) is 19.4 Å². The molecule has 3 atom stereocenters. The van der Waals surface area contributed by atoms with Crippen molar-refractivity contribution in [2.75, 3.05) is 6.54 Å². The molecule has 2 fully saturated rings. The highest BCUT2D eigenvalue weighted by molar-refractivity contribution is 4.87. The quantitative estimate of drug-likeness (QED) is 0.682. The maximum atomic E-state index is 3.90. The second-order valence-corrected chi connectivity index (χ2v) is 5.65. The molecule has 2 aliphatic carbocycles. The number of rotatable bonds is 5. The van der Waals surface area contributed by atoms with Gasteiger partial charge in [0.05, 0.1) is 0 Å². The van der Waals surface area contributed by atoms with Crippen LogP contribution in [-0.2, 0) is 0 Å². The van der Waals surface area contributed by atoms with Gasteiger partial charge in [0.25, 0.3) is 0 Å². The summed E-state index contributed by atoms with van der Waals surface area (Å²) in [7, 11) is 0. The molecular formula is C14H25N. The molecule has 15 heavy (non-hydrogen) atoms. The third-order valence-electron chi connectivity index (χ3n) is 4.12. The second kappa shape index (κ2) is 5.16. The minimum atomic E-state index is 0.869. The van der Waals surface area contributed by atoms with Crippen LogP contribution in [0.3, 0.4) is 0 Å². The molecule has 0 spiro atoms. The molecular weight excluding hydrogens is 182 g/mol. The Hall–Kier alpha value is -0.300. The molecule has 1 nitrogen and oxygen atoms in total. The van der Waals surface area contributed by atoms with Crippen LogP contribution in [0.4, 0.5) is 0 Å². The molecule has 0 aromatic heterocycles. The first-order valence-electron chi connectivity index (χ1n) is 6.64. The Bertz CT molecular complexity index is 207. The monoisotopic (exact) mass is 207 g/mol. The van der Waals surface area contributed by atoms with Gasteiger partial charge >= 0.3 is 0 Å². The van der Waals surface area contributed by atoms with Crippen molar-refractivity contribution in [3.8, 4) is 0 Å². The SMILES string of the molecule is C=CCC1CC(C)CCC1CNC1CC1. The van der Waals surface area contributed by atoms with Gasteiger partial charge in [-0.15, -0.1) is 6.58 Å². The predicted molar refractivity (Wildman–Crippen MR) is 65.8 cm³/mol. The van der Waals surface area contributed by atoms with Crippen molar-refractivity contribution in [2.24, 2.45) is 17.8 Å². The third-order valence-corrected chi connectivity index (χ3v) is 4.12. The zero-order valence-corrected chi connectivity index (χ0v) is 10.0. The van der Waals surface area contributed by atoms with E-state index in [1.54, 1.807) is 0 Å². The first-order valence-corrected chi connectivity index (χ1v) is 6.64. The third kappa shape index (κ3) is 3.34. The van der Waals surface area contributed by atoms with Crippen LogP contribution in [0.5, 0.6) is 0 Å². The zero-order valence-electron chi connectivity index (χ0n) is 10.0. The fourth-order valence-corrected chi connectivity index (χ4v) is 2.94. The molecule has 2 aliphatic rings. The van der Waals surface area contributed by atoms with Gasteiger partial charge in [-0.2, -0.15) is 0 Å². The predicted octanol–water partition coefficient (Wildman–Crippen LogP) is 3.37. The first kappa shape index (κ1) is 11.2. The molecule has 0 saturated heterocycles. The first-order chi connectivity index (χ1) is 7.29. The topological polar surface area (TPSA) is 12.0 Å². The standard InChI is InChI=1S/C14H25N/c1-3-4-12-9-11(2)5-6-13(12)10-15-14-7-8-14/h3,11-15H,1,4-10H2,2H3. The van der Waals surface area contributed by atoms with E-state index < -0.39 is 0 Å². The van der Waals surface area contributed by atoms with Crippen LogP contribution in [-0.4, -0.2) is 12.6 Å². The van der Waals surface area contributed by atoms with Crippen molar-refractivity contribution in [1.29, 1.82) is 0 Å². The lowest BCUT2D eigenvalue weighted by Gasteiger charge is -2.34. The molecule has 0 bridgehead atoms. The highest BCUT2D eigenvalue weighted by Gasteiger charge is 2.29. The number of hydrogen-bond acceptors (Lipinski definition) is 1. The molecule has 2 saturated carbocycles. The van der Waals surface area contributed by atoms with Gasteiger partial charge in [0.2, 0.25) is 0 Å². The Labute approximate surface area is 94.3 Å². The minimum Gasteiger partial charge on any atom is -0.314 e. The Kier molecular flexibility index (Phi) is 3.85. The van der Waals surface area contributed by atoms with E-state index in [0.717, 1.165) is 23.8 Å². The Balaban J connectivity index is 1.79. The van der Waals surface area contributed by atoms with Crippen LogP contribution < -0.4 is 5.32 Å². The molecule has 0 aromatic carbocycles. The summed E-state index contributed by atoms with van der Waals surface area (Å²) >= 11 is 0. The van der Waals surface area contributed by atoms with Crippen LogP contribution in [0.1, 0.15) is 45.4 Å². The van der Waals surface area contributed by atoms with Crippen LogP contribution in [0.2, 0.25) is 0 Å². The molecule has 0 aromatic rings. The van der Waals surface area contributed by atoms with E-state index in [9.17, 15) is 0 Å². The largest absolute Gasteiger partial charge is 0.314 e. The average Bonchev–Trinajstić information content (AvgIpc) is 3.01. The van der Waals surface area contributed by atoms with Gasteiger partial charge in [-0.05, 0) is 56.4 Å². The highest BCUT2D eigenvalue weighted by Crippen LogP contribution is 2.36. The van der Waals surface area contributed by atoms with E-state index in [2.05, 4.69) is 24.9 Å².